The predicted molar refractivity (Wildman–Crippen MR) is 95.1 cm³/mol. The van der Waals surface area contributed by atoms with Gasteiger partial charge in [-0.2, -0.15) is 4.68 Å². The maximum Gasteiger partial charge on any atom is 0.248 e. The lowest BCUT2D eigenvalue weighted by molar-refractivity contribution is 0.563. The first-order chi connectivity index (χ1) is 11.8. The topological polar surface area (TPSA) is 55.6 Å². The summed E-state index contributed by atoms with van der Waals surface area (Å²) in [6, 6.07) is 16.3. The molecular weight excluding hydrogens is 342 g/mol. The summed E-state index contributed by atoms with van der Waals surface area (Å²) in [5.41, 5.74) is 4.73. The van der Waals surface area contributed by atoms with Crippen LogP contribution in [0.5, 0.6) is 0 Å². The van der Waals surface area contributed by atoms with Gasteiger partial charge < -0.3 is 5.32 Å². The van der Waals surface area contributed by atoms with Gasteiger partial charge in [-0.1, -0.05) is 47.0 Å². The Morgan fingerprint density at radius 3 is 2.83 bits per heavy atom. The van der Waals surface area contributed by atoms with Gasteiger partial charge in [-0.25, -0.2) is 0 Å². The summed E-state index contributed by atoms with van der Waals surface area (Å²) in [5, 5.41) is 16.3. The van der Waals surface area contributed by atoms with Crippen LogP contribution in [0.2, 0.25) is 5.02 Å². The first-order valence-electron chi connectivity index (χ1n) is 7.57. The van der Waals surface area contributed by atoms with Crippen molar-refractivity contribution in [1.29, 1.82) is 0 Å². The maximum absolute atomic E-state index is 6.06. The van der Waals surface area contributed by atoms with Crippen LogP contribution in [0, 0.1) is 0 Å². The normalized spacial score (nSPS) is 18.5. The second kappa shape index (κ2) is 5.36. The highest BCUT2D eigenvalue weighted by atomic mass is 35.5. The van der Waals surface area contributed by atoms with Gasteiger partial charge in [-0.15, -0.1) is 11.8 Å². The second-order valence-electron chi connectivity index (χ2n) is 5.71. The molecule has 1 atom stereocenters. The number of fused-ring (bicyclic) bond motifs is 3. The molecule has 0 bridgehead atoms. The number of aromatic nitrogens is 4. The molecule has 0 spiro atoms. The zero-order valence-electron chi connectivity index (χ0n) is 12.5. The summed E-state index contributed by atoms with van der Waals surface area (Å²) in [7, 11) is 0. The maximum atomic E-state index is 6.06. The zero-order valence-corrected chi connectivity index (χ0v) is 14.1. The van der Waals surface area contributed by atoms with Gasteiger partial charge in [0.05, 0.1) is 5.70 Å². The van der Waals surface area contributed by atoms with Gasteiger partial charge in [-0.3, -0.25) is 0 Å². The molecule has 0 aliphatic carbocycles. The van der Waals surface area contributed by atoms with E-state index in [-0.39, 0.29) is 6.04 Å². The van der Waals surface area contributed by atoms with Gasteiger partial charge in [0.1, 0.15) is 6.04 Å². The van der Waals surface area contributed by atoms with E-state index in [0.29, 0.717) is 5.95 Å². The van der Waals surface area contributed by atoms with Gasteiger partial charge in [0.2, 0.25) is 5.95 Å². The molecule has 0 amide bonds. The Bertz CT molecular complexity index is 963. The fraction of sp³-hybridized carbons (Fsp3) is 0.118. The van der Waals surface area contributed by atoms with Crippen molar-refractivity contribution in [3.8, 4) is 0 Å². The average Bonchev–Trinajstić information content (AvgIpc) is 3.09. The summed E-state index contributed by atoms with van der Waals surface area (Å²) in [5.74, 6) is 1.56. The highest BCUT2D eigenvalue weighted by molar-refractivity contribution is 7.99. The molecule has 2 aromatic carbocycles. The third kappa shape index (κ3) is 2.07. The van der Waals surface area contributed by atoms with Crippen LogP contribution in [-0.4, -0.2) is 26.0 Å². The molecule has 7 heteroatoms. The lowest BCUT2D eigenvalue weighted by Crippen LogP contribution is -2.27. The van der Waals surface area contributed by atoms with Crippen molar-refractivity contribution in [2.45, 2.75) is 10.9 Å². The Morgan fingerprint density at radius 2 is 1.96 bits per heavy atom. The van der Waals surface area contributed by atoms with E-state index < -0.39 is 0 Å². The molecule has 5 rings (SSSR count). The van der Waals surface area contributed by atoms with Crippen molar-refractivity contribution < 1.29 is 0 Å². The minimum atomic E-state index is -0.0237. The Morgan fingerprint density at radius 1 is 1.12 bits per heavy atom. The predicted octanol–water partition coefficient (Wildman–Crippen LogP) is 3.86. The van der Waals surface area contributed by atoms with E-state index in [9.17, 15) is 0 Å². The Kier molecular flexibility index (Phi) is 3.14. The number of nitrogens with zero attached hydrogens (tertiary/aromatic N) is 4. The van der Waals surface area contributed by atoms with Crippen LogP contribution in [-0.2, 0) is 0 Å². The van der Waals surface area contributed by atoms with Gasteiger partial charge in [0.15, 0.2) is 0 Å². The molecule has 0 unspecified atom stereocenters. The molecule has 1 aromatic heterocycles. The smallest absolute Gasteiger partial charge is 0.248 e. The second-order valence-corrected chi connectivity index (χ2v) is 7.16. The molecule has 3 heterocycles. The van der Waals surface area contributed by atoms with Crippen LogP contribution in [0.4, 0.5) is 5.95 Å². The SMILES string of the molecule is Clc1ccc([C@H]2C3=C(Nc4nnnn42)c2ccccc2SC3)cc1. The largest absolute Gasteiger partial charge is 0.322 e. The standard InChI is InChI=1S/C17H12ClN5S/c18-11-7-5-10(6-8-11)16-13-9-24-14-4-2-1-3-12(14)15(13)19-17-20-21-22-23(16)17/h1-8,16H,9H2,(H,19,20,22)/t16-/m0/s1. The van der Waals surface area contributed by atoms with E-state index in [1.165, 1.54) is 16.0 Å². The average molecular weight is 354 g/mol. The molecule has 118 valence electrons. The molecule has 0 fully saturated rings. The van der Waals surface area contributed by atoms with Crippen molar-refractivity contribution in [1.82, 2.24) is 20.2 Å². The van der Waals surface area contributed by atoms with E-state index in [4.69, 9.17) is 11.6 Å². The Labute approximate surface area is 147 Å². The van der Waals surface area contributed by atoms with Gasteiger partial charge in [-0.05, 0) is 39.8 Å². The molecule has 0 radical (unpaired) electrons. The summed E-state index contributed by atoms with van der Waals surface area (Å²) in [6.07, 6.45) is 0. The van der Waals surface area contributed by atoms with E-state index in [2.05, 4.69) is 45.1 Å². The Balaban J connectivity index is 1.73. The molecule has 1 N–H and O–H groups in total. The molecule has 3 aromatic rings. The monoisotopic (exact) mass is 353 g/mol. The van der Waals surface area contributed by atoms with Crippen molar-refractivity contribution in [2.24, 2.45) is 0 Å². The van der Waals surface area contributed by atoms with Gasteiger partial charge >= 0.3 is 0 Å². The quantitative estimate of drug-likeness (QED) is 0.720. The van der Waals surface area contributed by atoms with Crippen LogP contribution in [0.1, 0.15) is 17.2 Å². The number of anilines is 1. The van der Waals surface area contributed by atoms with Crippen LogP contribution in [0.25, 0.3) is 5.70 Å². The van der Waals surface area contributed by atoms with E-state index in [0.717, 1.165) is 22.0 Å². The van der Waals surface area contributed by atoms with Crippen LogP contribution < -0.4 is 5.32 Å². The summed E-state index contributed by atoms with van der Waals surface area (Å²) in [6.45, 7) is 0. The lowest BCUT2D eigenvalue weighted by atomic mass is 9.94. The fourth-order valence-electron chi connectivity index (χ4n) is 3.26. The van der Waals surface area contributed by atoms with Crippen LogP contribution in [0.15, 0.2) is 59.0 Å². The van der Waals surface area contributed by atoms with Crippen molar-refractivity contribution in [3.05, 3.63) is 70.3 Å². The van der Waals surface area contributed by atoms with E-state index in [1.807, 2.05) is 40.7 Å². The van der Waals surface area contributed by atoms with Crippen molar-refractivity contribution in [3.63, 3.8) is 0 Å². The number of thioether (sulfide) groups is 1. The van der Waals surface area contributed by atoms with Crippen LogP contribution >= 0.6 is 23.4 Å². The summed E-state index contributed by atoms with van der Waals surface area (Å²) >= 11 is 7.91. The molecule has 5 nitrogen and oxygen atoms in total. The molecular formula is C17H12ClN5S. The first-order valence-corrected chi connectivity index (χ1v) is 8.93. The van der Waals surface area contributed by atoms with Gasteiger partial charge in [0.25, 0.3) is 0 Å². The first kappa shape index (κ1) is 14.1. The number of hydrogen-bond donors (Lipinski definition) is 1. The van der Waals surface area contributed by atoms with Gasteiger partial charge in [0, 0.05) is 21.2 Å². The number of rotatable bonds is 1. The highest BCUT2D eigenvalue weighted by Gasteiger charge is 2.34. The van der Waals surface area contributed by atoms with E-state index >= 15 is 0 Å². The number of tetrazole rings is 1. The molecule has 24 heavy (non-hydrogen) atoms. The minimum Gasteiger partial charge on any atom is -0.322 e. The summed E-state index contributed by atoms with van der Waals surface area (Å²) in [4.78, 5) is 1.28. The molecule has 2 aliphatic rings. The Hall–Kier alpha value is -2.31. The van der Waals surface area contributed by atoms with Crippen LogP contribution in [0.3, 0.4) is 0 Å². The zero-order chi connectivity index (χ0) is 16.1. The highest BCUT2D eigenvalue weighted by Crippen LogP contribution is 2.45. The number of halogens is 1. The summed E-state index contributed by atoms with van der Waals surface area (Å²) < 4.78 is 1.84. The number of nitrogens with one attached hydrogen (secondary N) is 1. The van der Waals surface area contributed by atoms with Crippen molar-refractivity contribution >= 4 is 35.0 Å². The van der Waals surface area contributed by atoms with Crippen molar-refractivity contribution in [2.75, 3.05) is 11.1 Å². The minimum absolute atomic E-state index is 0.0237. The fourth-order valence-corrected chi connectivity index (χ4v) is 4.50. The third-order valence-corrected chi connectivity index (χ3v) is 5.72. The number of hydrogen-bond acceptors (Lipinski definition) is 5. The number of benzene rings is 2. The molecule has 0 saturated heterocycles. The molecule has 0 saturated carbocycles. The molecule has 2 aliphatic heterocycles. The van der Waals surface area contributed by atoms with E-state index in [1.54, 1.807) is 0 Å². The third-order valence-electron chi connectivity index (χ3n) is 4.35. The lowest BCUT2D eigenvalue weighted by Gasteiger charge is -2.33.